The van der Waals surface area contributed by atoms with Crippen LogP contribution < -0.4 is 26.2 Å². The average molecular weight is 970 g/mol. The van der Waals surface area contributed by atoms with Gasteiger partial charge in [0.15, 0.2) is 5.58 Å². The average Bonchev–Trinajstić information content (AvgIpc) is 4.02. The first-order valence-electron chi connectivity index (χ1n) is 26.2. The van der Waals surface area contributed by atoms with Crippen LogP contribution in [0.25, 0.3) is 58.8 Å². The molecule has 0 fully saturated rings. The van der Waals surface area contributed by atoms with Crippen molar-refractivity contribution in [2.75, 3.05) is 9.80 Å². The summed E-state index contributed by atoms with van der Waals surface area (Å²) in [6, 6.07) is 58.3. The van der Waals surface area contributed by atoms with Crippen molar-refractivity contribution in [3.05, 3.63) is 179 Å². The Hall–Kier alpha value is -7.02. The highest BCUT2D eigenvalue weighted by Gasteiger charge is 2.44. The highest BCUT2D eigenvalue weighted by atomic mass is 32.1. The van der Waals surface area contributed by atoms with Crippen LogP contribution in [-0.2, 0) is 21.7 Å². The molecular formula is C67H64BN3OS. The van der Waals surface area contributed by atoms with Gasteiger partial charge < -0.3 is 18.8 Å². The van der Waals surface area contributed by atoms with Crippen LogP contribution >= 0.6 is 11.3 Å². The van der Waals surface area contributed by atoms with Crippen LogP contribution in [0.5, 0.6) is 0 Å². The summed E-state index contributed by atoms with van der Waals surface area (Å²) in [6.45, 7) is 29.9. The fourth-order valence-electron chi connectivity index (χ4n) is 12.0. The molecule has 0 unspecified atom stereocenters. The summed E-state index contributed by atoms with van der Waals surface area (Å²) in [5.41, 5.74) is 22.8. The Bertz CT molecular complexity index is 4030. The number of benzene rings is 8. The van der Waals surface area contributed by atoms with Crippen molar-refractivity contribution in [3.63, 3.8) is 0 Å². The zero-order valence-corrected chi connectivity index (χ0v) is 45.5. The Balaban J connectivity index is 1.14. The summed E-state index contributed by atoms with van der Waals surface area (Å²) < 4.78 is 12.5. The third-order valence-electron chi connectivity index (χ3n) is 16.0. The molecule has 0 aliphatic carbocycles. The maximum Gasteiger partial charge on any atom is 0.252 e. The van der Waals surface area contributed by atoms with Gasteiger partial charge in [0.1, 0.15) is 5.58 Å². The van der Waals surface area contributed by atoms with Crippen molar-refractivity contribution < 1.29 is 4.42 Å². The highest BCUT2D eigenvalue weighted by molar-refractivity contribution is 7.26. The number of nitrogens with zero attached hydrogens (tertiary/aromatic N) is 3. The van der Waals surface area contributed by atoms with Crippen LogP contribution in [-0.4, -0.2) is 11.3 Å². The first-order chi connectivity index (χ1) is 34.6. The summed E-state index contributed by atoms with van der Waals surface area (Å²) in [6.07, 6.45) is 0. The molecule has 6 heteroatoms. The van der Waals surface area contributed by atoms with Crippen LogP contribution in [0.4, 0.5) is 34.1 Å². The van der Waals surface area contributed by atoms with E-state index >= 15 is 0 Å². The van der Waals surface area contributed by atoms with Crippen molar-refractivity contribution >= 4 is 122 Å². The Morgan fingerprint density at radius 3 is 1.71 bits per heavy atom. The van der Waals surface area contributed by atoms with E-state index in [1.165, 1.54) is 86.8 Å². The molecule has 11 aromatic rings. The minimum atomic E-state index is -0.0745. The van der Waals surface area contributed by atoms with Gasteiger partial charge in [-0.25, -0.2) is 0 Å². The van der Waals surface area contributed by atoms with Crippen LogP contribution in [0, 0.1) is 6.92 Å². The molecule has 3 aromatic heterocycles. The molecule has 73 heavy (non-hydrogen) atoms. The van der Waals surface area contributed by atoms with Gasteiger partial charge in [-0.05, 0) is 146 Å². The predicted octanol–water partition coefficient (Wildman–Crippen LogP) is 17.5. The third-order valence-corrected chi connectivity index (χ3v) is 17.2. The number of aryl methyl sites for hydroxylation is 1. The zero-order valence-electron chi connectivity index (χ0n) is 44.7. The van der Waals surface area contributed by atoms with Gasteiger partial charge in [-0.3, -0.25) is 0 Å². The number of fused-ring (bicyclic) bond motifs is 12. The van der Waals surface area contributed by atoms with E-state index in [0.717, 1.165) is 50.4 Å². The van der Waals surface area contributed by atoms with Crippen molar-refractivity contribution in [1.82, 2.24) is 4.57 Å². The highest BCUT2D eigenvalue weighted by Crippen LogP contribution is 2.50. The fourth-order valence-corrected chi connectivity index (χ4v) is 13.2. The Morgan fingerprint density at radius 2 is 1.05 bits per heavy atom. The number of aromatic nitrogens is 1. The van der Waals surface area contributed by atoms with Crippen molar-refractivity contribution in [2.45, 2.75) is 112 Å². The summed E-state index contributed by atoms with van der Waals surface area (Å²) in [5.74, 6) is 0. The number of hydrogen-bond donors (Lipinski definition) is 0. The summed E-state index contributed by atoms with van der Waals surface area (Å²) in [4.78, 5) is 5.01. The van der Waals surface area contributed by atoms with Crippen LogP contribution in [0.1, 0.15) is 111 Å². The van der Waals surface area contributed by atoms with Gasteiger partial charge in [0.05, 0.1) is 21.4 Å². The number of para-hydroxylation sites is 1. The SMILES string of the molecule is Cc1cc2c3c(c1)-n1c4c(cc(C(C)(C)C)cc4c4sc5ccccc5c41)B3c1ccc(N(c3ccc(C(C)(C)C)cc3)c3ccc(C(C)(C)C)cc3)cc1N2c1cccc2c1oc1cc(C(C)(C)C)ccc12. The molecule has 0 radical (unpaired) electrons. The lowest BCUT2D eigenvalue weighted by molar-refractivity contribution is 0.587. The van der Waals surface area contributed by atoms with E-state index in [2.05, 4.69) is 256 Å². The number of hydrogen-bond acceptors (Lipinski definition) is 4. The van der Waals surface area contributed by atoms with Gasteiger partial charge in [-0.15, -0.1) is 11.3 Å². The molecule has 362 valence electrons. The van der Waals surface area contributed by atoms with Gasteiger partial charge >= 0.3 is 0 Å². The predicted molar refractivity (Wildman–Crippen MR) is 317 cm³/mol. The van der Waals surface area contributed by atoms with E-state index in [1.807, 2.05) is 11.3 Å². The molecule has 2 aliphatic heterocycles. The first kappa shape index (κ1) is 45.8. The number of thiophene rings is 1. The van der Waals surface area contributed by atoms with Crippen LogP contribution in [0.15, 0.2) is 156 Å². The lowest BCUT2D eigenvalue weighted by Gasteiger charge is -2.41. The maximum absolute atomic E-state index is 7.21. The molecule has 8 aromatic carbocycles. The Morgan fingerprint density at radius 1 is 0.452 bits per heavy atom. The van der Waals surface area contributed by atoms with Gasteiger partial charge in [0.2, 0.25) is 0 Å². The Kier molecular flexibility index (Phi) is 9.73. The minimum absolute atomic E-state index is 0.0217. The number of furan rings is 1. The zero-order chi connectivity index (χ0) is 50.8. The molecular weight excluding hydrogens is 906 g/mol. The fraction of sp³-hybridized carbons (Fsp3) is 0.254. The summed E-state index contributed by atoms with van der Waals surface area (Å²) in [5, 5.41) is 4.90. The molecule has 0 atom stereocenters. The molecule has 0 saturated heterocycles. The summed E-state index contributed by atoms with van der Waals surface area (Å²) in [7, 11) is 0. The van der Waals surface area contributed by atoms with Gasteiger partial charge in [0, 0.05) is 60.4 Å². The van der Waals surface area contributed by atoms with E-state index in [4.69, 9.17) is 4.42 Å². The normalized spacial score (nSPS) is 13.8. The molecule has 0 amide bonds. The first-order valence-corrected chi connectivity index (χ1v) is 27.0. The number of rotatable bonds is 4. The second-order valence-corrected chi connectivity index (χ2v) is 26.2. The van der Waals surface area contributed by atoms with E-state index in [-0.39, 0.29) is 28.4 Å². The van der Waals surface area contributed by atoms with Gasteiger partial charge in [0.25, 0.3) is 6.71 Å². The molecule has 0 saturated carbocycles. The number of anilines is 6. The molecule has 5 heterocycles. The minimum Gasteiger partial charge on any atom is -0.454 e. The smallest absolute Gasteiger partial charge is 0.252 e. The third kappa shape index (κ3) is 6.99. The van der Waals surface area contributed by atoms with E-state index in [1.54, 1.807) is 0 Å². The van der Waals surface area contributed by atoms with Crippen LogP contribution in [0.2, 0.25) is 0 Å². The van der Waals surface area contributed by atoms with Gasteiger partial charge in [-0.1, -0.05) is 162 Å². The van der Waals surface area contributed by atoms with E-state index < -0.39 is 0 Å². The largest absolute Gasteiger partial charge is 0.454 e. The molecule has 0 bridgehead atoms. The topological polar surface area (TPSA) is 24.6 Å². The Labute approximate surface area is 435 Å². The van der Waals surface area contributed by atoms with E-state index in [9.17, 15) is 0 Å². The molecule has 0 spiro atoms. The molecule has 13 rings (SSSR count). The lowest BCUT2D eigenvalue weighted by atomic mass is 9.33. The maximum atomic E-state index is 7.21. The van der Waals surface area contributed by atoms with E-state index in [0.29, 0.717) is 0 Å². The molecule has 2 aliphatic rings. The van der Waals surface area contributed by atoms with Crippen LogP contribution in [0.3, 0.4) is 0 Å². The van der Waals surface area contributed by atoms with Crippen molar-refractivity contribution in [2.24, 2.45) is 0 Å². The van der Waals surface area contributed by atoms with Crippen molar-refractivity contribution in [1.29, 1.82) is 0 Å². The summed E-state index contributed by atoms with van der Waals surface area (Å²) >= 11 is 1.94. The molecule has 0 N–H and O–H groups in total. The quantitative estimate of drug-likeness (QED) is 0.164. The monoisotopic (exact) mass is 969 g/mol. The van der Waals surface area contributed by atoms with Gasteiger partial charge in [-0.2, -0.15) is 0 Å². The second-order valence-electron chi connectivity index (χ2n) is 25.2. The second kappa shape index (κ2) is 15.5. The molecule has 4 nitrogen and oxygen atoms in total. The standard InChI is InChI=1S/C67H64BN3OS/c1-39-33-55-59-56(34-39)71-60-50(63-61(71)49-17-14-15-20-58(49)73-63)35-43(67(11,12)13)36-52(60)68(59)51-32-30-46(69(44-26-21-40(22-27-44)64(2,3)4)45-28-23-41(24-29-45)65(5,6)7)38-54(51)70(55)53-19-16-18-48-47-31-25-42(66(8,9)10)37-57(47)72-62(48)53/h14-38H,1-13H3. The van der Waals surface area contributed by atoms with Crippen molar-refractivity contribution in [3.8, 4) is 5.69 Å². The lowest BCUT2D eigenvalue weighted by Crippen LogP contribution is -2.60.